The van der Waals surface area contributed by atoms with E-state index in [0.29, 0.717) is 103 Å². The number of nitrogens with one attached hydrogen (secondary N) is 6. The van der Waals surface area contributed by atoms with E-state index in [2.05, 4.69) is 46.9 Å². The molecule has 3 aromatic carbocycles. The van der Waals surface area contributed by atoms with E-state index in [-0.39, 0.29) is 35.4 Å². The lowest BCUT2D eigenvalue weighted by Gasteiger charge is -2.08. The highest BCUT2D eigenvalue weighted by molar-refractivity contribution is 5.96. The van der Waals surface area contributed by atoms with Gasteiger partial charge in [-0.05, 0) is 118 Å². The number of carbonyl (C=O) groups excluding carboxylic acids is 6. The molecule has 0 aliphatic rings. The first-order valence-corrected chi connectivity index (χ1v) is 25.6. The van der Waals surface area contributed by atoms with E-state index in [9.17, 15) is 28.8 Å². The molecular formula is C57H73N13O6. The first-order chi connectivity index (χ1) is 36.7. The molecule has 19 heteroatoms. The summed E-state index contributed by atoms with van der Waals surface area (Å²) in [6, 6.07) is 27.0. The highest BCUT2D eigenvalue weighted by Gasteiger charge is 2.10. The largest absolute Gasteiger partial charge is 0.397 e. The minimum atomic E-state index is -0.0890. The Morgan fingerprint density at radius 2 is 0.697 bits per heavy atom. The molecular weight excluding hydrogens is 963 g/mol. The number of nitrogen functional groups attached to an aromatic ring is 4. The third kappa shape index (κ3) is 24.7. The standard InChI is InChI=1S/C20H26N4O2.C19H24N4O2.C18H23N5O2/c1-2-15-12-16(14-22-13-15)23-19(25)10-4-3-5-11-20(26)24-18-9-7-6-8-17(18)21;1-14-11-15(13-21-12-14)22-18(24)9-3-2-4-10-19(25)23-17-8-6-5-7-16(17)20;19-13-10-14(12-21-11-13)22-17(24)8-2-1-3-9-18(25)23-16-7-5-4-6-15(16)20/h6-9,12-14H,2-5,10-11,21H2,1H3,(H,23,25)(H,24,26);5-8,11-13H,2-4,9-10,20H2,1H3,(H,22,24)(H,23,25);4-7,10-12H,1-3,8-9,19-20H2,(H,22,24)(H,23,25). The SMILES string of the molecule is CCc1cncc(NC(=O)CCCCCC(=O)Nc2ccccc2N)c1.Cc1cncc(NC(=O)CCCCCC(=O)Nc2ccccc2N)c1.Nc1cncc(NC(=O)CCCCCC(=O)Nc2ccccc2N)c1. The number of aromatic nitrogens is 3. The van der Waals surface area contributed by atoms with Crippen LogP contribution >= 0.6 is 0 Å². The average Bonchev–Trinajstić information content (AvgIpc) is 3.38. The molecule has 76 heavy (non-hydrogen) atoms. The van der Waals surface area contributed by atoms with Gasteiger partial charge in [-0.2, -0.15) is 0 Å². The summed E-state index contributed by atoms with van der Waals surface area (Å²) < 4.78 is 0. The smallest absolute Gasteiger partial charge is 0.224 e. The monoisotopic (exact) mass is 1040 g/mol. The molecule has 6 amide bonds. The van der Waals surface area contributed by atoms with Crippen LogP contribution in [0, 0.1) is 6.92 Å². The first-order valence-electron chi connectivity index (χ1n) is 25.6. The van der Waals surface area contributed by atoms with Gasteiger partial charge in [0, 0.05) is 57.1 Å². The van der Waals surface area contributed by atoms with Crippen molar-refractivity contribution in [1.29, 1.82) is 0 Å². The lowest BCUT2D eigenvalue weighted by Crippen LogP contribution is -2.13. The van der Waals surface area contributed by atoms with Crippen molar-refractivity contribution < 1.29 is 28.8 Å². The molecule has 402 valence electrons. The number of para-hydroxylation sites is 6. The minimum Gasteiger partial charge on any atom is -0.397 e. The Kier molecular flexibility index (Phi) is 26.5. The van der Waals surface area contributed by atoms with Crippen LogP contribution in [0.2, 0.25) is 0 Å². The van der Waals surface area contributed by atoms with Crippen LogP contribution in [0.3, 0.4) is 0 Å². The molecule has 19 nitrogen and oxygen atoms in total. The fourth-order valence-corrected chi connectivity index (χ4v) is 7.28. The highest BCUT2D eigenvalue weighted by atomic mass is 16.2. The first kappa shape index (κ1) is 59.7. The van der Waals surface area contributed by atoms with Gasteiger partial charge in [-0.25, -0.2) is 0 Å². The number of carbonyl (C=O) groups is 6. The van der Waals surface area contributed by atoms with E-state index in [4.69, 9.17) is 22.9 Å². The van der Waals surface area contributed by atoms with E-state index >= 15 is 0 Å². The van der Waals surface area contributed by atoms with Gasteiger partial charge in [-0.1, -0.05) is 62.6 Å². The van der Waals surface area contributed by atoms with Crippen molar-refractivity contribution in [3.05, 3.63) is 139 Å². The Balaban J connectivity index is 0.000000246. The lowest BCUT2D eigenvalue weighted by molar-refractivity contribution is -0.117. The Bertz CT molecular complexity index is 2680. The maximum Gasteiger partial charge on any atom is 0.224 e. The third-order valence-corrected chi connectivity index (χ3v) is 11.3. The van der Waals surface area contributed by atoms with E-state index < -0.39 is 0 Å². The molecule has 0 fully saturated rings. The molecule has 0 aliphatic carbocycles. The summed E-state index contributed by atoms with van der Waals surface area (Å²) in [6.07, 6.45) is 20.1. The molecule has 6 aromatic rings. The molecule has 14 N–H and O–H groups in total. The maximum atomic E-state index is 12.0. The number of nitrogens with zero attached hydrogens (tertiary/aromatic N) is 3. The minimum absolute atomic E-state index is 0.0263. The van der Waals surface area contributed by atoms with Crippen LogP contribution in [-0.4, -0.2) is 50.4 Å². The van der Waals surface area contributed by atoms with Gasteiger partial charge in [0.15, 0.2) is 0 Å². The zero-order valence-electron chi connectivity index (χ0n) is 43.5. The van der Waals surface area contributed by atoms with Gasteiger partial charge in [-0.3, -0.25) is 43.7 Å². The van der Waals surface area contributed by atoms with Crippen molar-refractivity contribution >= 4 is 92.3 Å². The second-order valence-corrected chi connectivity index (χ2v) is 17.9. The van der Waals surface area contributed by atoms with Crippen LogP contribution in [0.25, 0.3) is 0 Å². The molecule has 3 heterocycles. The fourth-order valence-electron chi connectivity index (χ4n) is 7.28. The molecule has 0 saturated heterocycles. The zero-order valence-corrected chi connectivity index (χ0v) is 43.5. The van der Waals surface area contributed by atoms with Gasteiger partial charge in [0.2, 0.25) is 35.4 Å². The van der Waals surface area contributed by atoms with Crippen molar-refractivity contribution in [3.63, 3.8) is 0 Å². The molecule has 0 saturated carbocycles. The number of hydrogen-bond donors (Lipinski definition) is 10. The van der Waals surface area contributed by atoms with Crippen LogP contribution in [0.1, 0.15) is 114 Å². The van der Waals surface area contributed by atoms with Gasteiger partial charge in [0.05, 0.1) is 75.5 Å². The van der Waals surface area contributed by atoms with Crippen molar-refractivity contribution in [2.45, 2.75) is 117 Å². The topological polar surface area (TPSA) is 317 Å². The molecule has 0 bridgehead atoms. The summed E-state index contributed by atoms with van der Waals surface area (Å²) in [5.41, 5.74) is 31.2. The van der Waals surface area contributed by atoms with Crippen LogP contribution in [0.15, 0.2) is 128 Å². The Hall–Kier alpha value is -8.87. The lowest BCUT2D eigenvalue weighted by atomic mass is 10.1. The molecule has 3 aromatic heterocycles. The van der Waals surface area contributed by atoms with Crippen molar-refractivity contribution in [2.24, 2.45) is 0 Å². The van der Waals surface area contributed by atoms with Crippen molar-refractivity contribution in [1.82, 2.24) is 15.0 Å². The Morgan fingerprint density at radius 1 is 0.382 bits per heavy atom. The molecule has 0 spiro atoms. The number of anilines is 10. The fraction of sp³-hybridized carbons (Fsp3) is 0.316. The molecule has 6 rings (SSSR count). The average molecular weight is 1040 g/mol. The molecule has 0 aliphatic heterocycles. The number of pyridine rings is 3. The van der Waals surface area contributed by atoms with E-state index in [1.54, 1.807) is 73.4 Å². The normalized spacial score (nSPS) is 10.3. The number of unbranched alkanes of at least 4 members (excludes halogenated alkanes) is 6. The van der Waals surface area contributed by atoms with E-state index in [1.165, 1.54) is 6.20 Å². The summed E-state index contributed by atoms with van der Waals surface area (Å²) in [6.45, 7) is 3.97. The van der Waals surface area contributed by atoms with Gasteiger partial charge >= 0.3 is 0 Å². The zero-order chi connectivity index (χ0) is 54.9. The Morgan fingerprint density at radius 3 is 1.04 bits per heavy atom. The van der Waals surface area contributed by atoms with E-state index in [1.807, 2.05) is 62.4 Å². The Labute approximate surface area is 445 Å². The summed E-state index contributed by atoms with van der Waals surface area (Å²) in [5, 5.41) is 16.8. The predicted octanol–water partition coefficient (Wildman–Crippen LogP) is 10.0. The van der Waals surface area contributed by atoms with Gasteiger partial charge < -0.3 is 54.8 Å². The maximum absolute atomic E-state index is 12.0. The highest BCUT2D eigenvalue weighted by Crippen LogP contribution is 2.21. The van der Waals surface area contributed by atoms with Crippen LogP contribution in [-0.2, 0) is 35.2 Å². The number of aryl methyl sites for hydroxylation is 2. The van der Waals surface area contributed by atoms with Crippen LogP contribution < -0.4 is 54.8 Å². The van der Waals surface area contributed by atoms with Crippen molar-refractivity contribution in [3.8, 4) is 0 Å². The summed E-state index contributed by atoms with van der Waals surface area (Å²) >= 11 is 0. The van der Waals surface area contributed by atoms with Crippen LogP contribution in [0.5, 0.6) is 0 Å². The number of nitrogens with two attached hydrogens (primary N) is 4. The van der Waals surface area contributed by atoms with Crippen LogP contribution in [0.4, 0.5) is 56.9 Å². The third-order valence-electron chi connectivity index (χ3n) is 11.3. The summed E-state index contributed by atoms with van der Waals surface area (Å²) in [5.74, 6) is -0.347. The molecule has 0 radical (unpaired) electrons. The number of rotatable bonds is 25. The molecule has 0 atom stereocenters. The number of amides is 6. The molecule has 0 unspecified atom stereocenters. The van der Waals surface area contributed by atoms with Gasteiger partial charge in [-0.15, -0.1) is 0 Å². The quantitative estimate of drug-likeness (QED) is 0.0189. The second kappa shape index (κ2) is 33.8. The number of benzene rings is 3. The van der Waals surface area contributed by atoms with Gasteiger partial charge in [0.1, 0.15) is 0 Å². The number of hydrogen-bond acceptors (Lipinski definition) is 13. The summed E-state index contributed by atoms with van der Waals surface area (Å²) in [4.78, 5) is 83.4. The van der Waals surface area contributed by atoms with Crippen molar-refractivity contribution in [2.75, 3.05) is 54.8 Å². The predicted molar refractivity (Wildman–Crippen MR) is 305 cm³/mol. The van der Waals surface area contributed by atoms with E-state index in [0.717, 1.165) is 68.2 Å². The summed E-state index contributed by atoms with van der Waals surface area (Å²) in [7, 11) is 0. The van der Waals surface area contributed by atoms with Gasteiger partial charge in [0.25, 0.3) is 0 Å². The second-order valence-electron chi connectivity index (χ2n) is 17.9.